The van der Waals surface area contributed by atoms with Crippen LogP contribution in [0.2, 0.25) is 0 Å². The van der Waals surface area contributed by atoms with Gasteiger partial charge in [-0.3, -0.25) is 4.79 Å². The Labute approximate surface area is 118 Å². The van der Waals surface area contributed by atoms with Gasteiger partial charge in [0, 0.05) is 23.1 Å². The molecule has 0 saturated heterocycles. The molecule has 0 heterocycles. The predicted molar refractivity (Wildman–Crippen MR) is 71.2 cm³/mol. The molecule has 1 aromatic carbocycles. The second-order valence-electron chi connectivity index (χ2n) is 3.69. The van der Waals surface area contributed by atoms with Crippen molar-refractivity contribution in [1.82, 2.24) is 10.6 Å². The molecule has 1 aromatic rings. The zero-order valence-electron chi connectivity index (χ0n) is 10.4. The van der Waals surface area contributed by atoms with E-state index in [-0.39, 0.29) is 24.7 Å². The lowest BCUT2D eigenvalue weighted by molar-refractivity contribution is -0.120. The van der Waals surface area contributed by atoms with E-state index < -0.39 is 6.61 Å². The molecule has 2 N–H and O–H groups in total. The lowest BCUT2D eigenvalue weighted by Gasteiger charge is -2.12. The number of carbonyl (C=O) groups is 1. The van der Waals surface area contributed by atoms with Crippen molar-refractivity contribution in [1.29, 1.82) is 0 Å². The average molecular weight is 337 g/mol. The number of ether oxygens (including phenoxy) is 1. The highest BCUT2D eigenvalue weighted by Gasteiger charge is 2.10. The van der Waals surface area contributed by atoms with E-state index >= 15 is 0 Å². The molecular weight excluding hydrogens is 322 g/mol. The maximum absolute atomic E-state index is 12.2. The van der Waals surface area contributed by atoms with Crippen LogP contribution >= 0.6 is 15.9 Å². The van der Waals surface area contributed by atoms with Crippen LogP contribution in [0.25, 0.3) is 0 Å². The normalized spacial score (nSPS) is 10.6. The lowest BCUT2D eigenvalue weighted by atomic mass is 10.2. The number of rotatable bonds is 7. The smallest absolute Gasteiger partial charge is 0.387 e. The van der Waals surface area contributed by atoms with Gasteiger partial charge in [0.25, 0.3) is 0 Å². The maximum atomic E-state index is 12.2. The number of halogens is 3. The van der Waals surface area contributed by atoms with Crippen molar-refractivity contribution in [3.63, 3.8) is 0 Å². The highest BCUT2D eigenvalue weighted by molar-refractivity contribution is 9.10. The van der Waals surface area contributed by atoms with Crippen molar-refractivity contribution in [2.45, 2.75) is 20.1 Å². The minimum absolute atomic E-state index is 0.0987. The fraction of sp³-hybridized carbons (Fsp3) is 0.417. The second kappa shape index (κ2) is 8.06. The Kier molecular flexibility index (Phi) is 6.72. The van der Waals surface area contributed by atoms with Crippen molar-refractivity contribution < 1.29 is 18.3 Å². The van der Waals surface area contributed by atoms with Crippen LogP contribution in [0, 0.1) is 0 Å². The highest BCUT2D eigenvalue weighted by Crippen LogP contribution is 2.24. The van der Waals surface area contributed by atoms with Crippen LogP contribution in [0.3, 0.4) is 0 Å². The Morgan fingerprint density at radius 2 is 2.21 bits per heavy atom. The first-order valence-electron chi connectivity index (χ1n) is 5.73. The molecule has 0 aliphatic carbocycles. The fourth-order valence-corrected chi connectivity index (χ4v) is 1.88. The molecule has 0 radical (unpaired) electrons. The second-order valence-corrected chi connectivity index (χ2v) is 4.60. The Morgan fingerprint density at radius 1 is 1.47 bits per heavy atom. The molecule has 0 unspecified atom stereocenters. The first kappa shape index (κ1) is 15.8. The summed E-state index contributed by atoms with van der Waals surface area (Å²) >= 11 is 3.26. The van der Waals surface area contributed by atoms with E-state index in [0.717, 1.165) is 4.47 Å². The zero-order chi connectivity index (χ0) is 14.3. The van der Waals surface area contributed by atoms with Gasteiger partial charge < -0.3 is 15.4 Å². The summed E-state index contributed by atoms with van der Waals surface area (Å²) in [6.07, 6.45) is 0. The molecule has 0 saturated carbocycles. The van der Waals surface area contributed by atoms with Crippen LogP contribution in [0.15, 0.2) is 22.7 Å². The summed E-state index contributed by atoms with van der Waals surface area (Å²) in [5.74, 6) is -0.0459. The molecule has 7 heteroatoms. The fourth-order valence-electron chi connectivity index (χ4n) is 1.47. The van der Waals surface area contributed by atoms with Gasteiger partial charge in [-0.25, -0.2) is 0 Å². The van der Waals surface area contributed by atoms with Gasteiger partial charge in [0.05, 0.1) is 6.54 Å². The Hall–Kier alpha value is -1.21. The summed E-state index contributed by atoms with van der Waals surface area (Å²) in [6, 6.07) is 4.74. The van der Waals surface area contributed by atoms with Crippen LogP contribution in [-0.4, -0.2) is 25.6 Å². The molecule has 0 bridgehead atoms. The molecule has 0 aromatic heterocycles. The first-order valence-corrected chi connectivity index (χ1v) is 6.53. The summed E-state index contributed by atoms with van der Waals surface area (Å²) in [5.41, 5.74) is 0.555. The van der Waals surface area contributed by atoms with E-state index in [9.17, 15) is 13.6 Å². The Balaban J connectivity index is 2.60. The van der Waals surface area contributed by atoms with E-state index in [1.807, 2.05) is 6.92 Å². The molecular formula is C12H15BrF2N2O2. The van der Waals surface area contributed by atoms with Crippen LogP contribution in [0.1, 0.15) is 12.5 Å². The predicted octanol–water partition coefficient (Wildman–Crippen LogP) is 2.28. The maximum Gasteiger partial charge on any atom is 0.387 e. The van der Waals surface area contributed by atoms with Crippen molar-refractivity contribution in [2.75, 3.05) is 13.1 Å². The SMILES string of the molecule is CCNC(=O)CNCc1cc(Br)ccc1OC(F)F. The molecule has 0 aliphatic heterocycles. The van der Waals surface area contributed by atoms with Crippen molar-refractivity contribution >= 4 is 21.8 Å². The molecule has 1 amide bonds. The van der Waals surface area contributed by atoms with Gasteiger partial charge in [0.15, 0.2) is 0 Å². The summed E-state index contributed by atoms with van der Waals surface area (Å²) in [6.45, 7) is -0.117. The molecule has 106 valence electrons. The summed E-state index contributed by atoms with van der Waals surface area (Å²) in [5, 5.41) is 5.50. The third-order valence-corrected chi connectivity index (χ3v) is 2.71. The number of carbonyl (C=O) groups excluding carboxylic acids is 1. The monoisotopic (exact) mass is 336 g/mol. The number of likely N-dealkylation sites (N-methyl/N-ethyl adjacent to an activating group) is 1. The third-order valence-electron chi connectivity index (χ3n) is 2.21. The van der Waals surface area contributed by atoms with Crippen LogP contribution in [-0.2, 0) is 11.3 Å². The lowest BCUT2D eigenvalue weighted by Crippen LogP contribution is -2.33. The van der Waals surface area contributed by atoms with Gasteiger partial charge in [0.2, 0.25) is 5.91 Å². The van der Waals surface area contributed by atoms with E-state index in [0.29, 0.717) is 12.1 Å². The molecule has 0 fully saturated rings. The summed E-state index contributed by atoms with van der Waals surface area (Å²) in [4.78, 5) is 11.2. The van der Waals surface area contributed by atoms with Gasteiger partial charge in [-0.05, 0) is 25.1 Å². The standard InChI is InChI=1S/C12H15BrF2N2O2/c1-2-17-11(18)7-16-6-8-5-9(13)3-4-10(8)19-12(14)15/h3-5,12,16H,2,6-7H2,1H3,(H,17,18). The molecule has 19 heavy (non-hydrogen) atoms. The van der Waals surface area contributed by atoms with Gasteiger partial charge in [-0.2, -0.15) is 8.78 Å². The third kappa shape index (κ3) is 5.98. The van der Waals surface area contributed by atoms with Gasteiger partial charge in [-0.1, -0.05) is 15.9 Å². The van der Waals surface area contributed by atoms with Crippen molar-refractivity contribution in [2.24, 2.45) is 0 Å². The van der Waals surface area contributed by atoms with Gasteiger partial charge in [0.1, 0.15) is 5.75 Å². The van der Waals surface area contributed by atoms with Crippen molar-refractivity contribution in [3.05, 3.63) is 28.2 Å². The Morgan fingerprint density at radius 3 is 2.84 bits per heavy atom. The number of alkyl halides is 2. The summed E-state index contributed by atoms with van der Waals surface area (Å²) in [7, 11) is 0. The molecule has 1 rings (SSSR count). The van der Waals surface area contributed by atoms with Gasteiger partial charge in [-0.15, -0.1) is 0 Å². The quantitative estimate of drug-likeness (QED) is 0.803. The zero-order valence-corrected chi connectivity index (χ0v) is 12.0. The van der Waals surface area contributed by atoms with E-state index in [4.69, 9.17) is 0 Å². The largest absolute Gasteiger partial charge is 0.434 e. The van der Waals surface area contributed by atoms with E-state index in [2.05, 4.69) is 31.3 Å². The van der Waals surface area contributed by atoms with Crippen LogP contribution in [0.4, 0.5) is 8.78 Å². The minimum atomic E-state index is -2.87. The Bertz CT molecular complexity index is 430. The van der Waals surface area contributed by atoms with Crippen LogP contribution < -0.4 is 15.4 Å². The molecule has 4 nitrogen and oxygen atoms in total. The first-order chi connectivity index (χ1) is 9.02. The topological polar surface area (TPSA) is 50.4 Å². The molecule has 0 aliphatic rings. The number of benzene rings is 1. The highest BCUT2D eigenvalue weighted by atomic mass is 79.9. The number of nitrogens with one attached hydrogen (secondary N) is 2. The summed E-state index contributed by atoms with van der Waals surface area (Å²) < 4.78 is 29.6. The van der Waals surface area contributed by atoms with Gasteiger partial charge >= 0.3 is 6.61 Å². The van der Waals surface area contributed by atoms with Crippen molar-refractivity contribution in [3.8, 4) is 5.75 Å². The number of hydrogen-bond donors (Lipinski definition) is 2. The number of amides is 1. The minimum Gasteiger partial charge on any atom is -0.434 e. The molecule has 0 spiro atoms. The van der Waals surface area contributed by atoms with Crippen LogP contribution in [0.5, 0.6) is 5.75 Å². The molecule has 0 atom stereocenters. The van der Waals surface area contributed by atoms with E-state index in [1.165, 1.54) is 6.07 Å². The average Bonchev–Trinajstić information content (AvgIpc) is 2.32. The number of hydrogen-bond acceptors (Lipinski definition) is 3. The van der Waals surface area contributed by atoms with E-state index in [1.54, 1.807) is 12.1 Å².